The summed E-state index contributed by atoms with van der Waals surface area (Å²) < 4.78 is 7.70. The van der Waals surface area contributed by atoms with E-state index in [0.717, 1.165) is 16.8 Å². The van der Waals surface area contributed by atoms with Crippen molar-refractivity contribution in [1.82, 2.24) is 14.9 Å². The molecule has 0 spiro atoms. The minimum absolute atomic E-state index is 0. The Morgan fingerprint density at radius 1 is 1.15 bits per heavy atom. The Labute approximate surface area is 170 Å². The molecule has 27 heavy (non-hydrogen) atoms. The van der Waals surface area contributed by atoms with Gasteiger partial charge in [-0.2, -0.15) is 0 Å². The van der Waals surface area contributed by atoms with Gasteiger partial charge in [0.1, 0.15) is 24.7 Å². The fraction of sp³-hybridized carbons (Fsp3) is 0.263. The summed E-state index contributed by atoms with van der Waals surface area (Å²) in [7, 11) is 0. The van der Waals surface area contributed by atoms with Gasteiger partial charge in [-0.1, -0.05) is 30.3 Å². The van der Waals surface area contributed by atoms with E-state index in [-0.39, 0.29) is 43.3 Å². The lowest BCUT2D eigenvalue weighted by Gasteiger charge is -2.14. The number of nitrogens with zero attached hydrogens (tertiary/aromatic N) is 2. The summed E-state index contributed by atoms with van der Waals surface area (Å²) in [5, 5.41) is 2.88. The summed E-state index contributed by atoms with van der Waals surface area (Å²) in [6.45, 7) is 2.75. The molecule has 0 saturated heterocycles. The van der Waals surface area contributed by atoms with Crippen LogP contribution < -0.4 is 15.8 Å². The number of nitrogens with two attached hydrogens (primary N) is 1. The monoisotopic (exact) mass is 410 g/mol. The van der Waals surface area contributed by atoms with Gasteiger partial charge in [0.25, 0.3) is 0 Å². The summed E-state index contributed by atoms with van der Waals surface area (Å²) in [6, 6.07) is 17.2. The zero-order chi connectivity index (χ0) is 17.6. The number of ether oxygens (including phenoxy) is 1. The Morgan fingerprint density at radius 2 is 1.81 bits per heavy atom. The van der Waals surface area contributed by atoms with Gasteiger partial charge in [-0.3, -0.25) is 4.79 Å². The second-order valence-corrected chi connectivity index (χ2v) is 5.91. The number of hydrogen-bond donors (Lipinski definition) is 2. The van der Waals surface area contributed by atoms with Crippen molar-refractivity contribution >= 4 is 41.8 Å². The number of amides is 1. The number of fused-ring (bicyclic) bond motifs is 1. The highest BCUT2D eigenvalue weighted by atomic mass is 35.5. The fourth-order valence-electron chi connectivity index (χ4n) is 2.60. The molecule has 2 aromatic carbocycles. The second-order valence-electron chi connectivity index (χ2n) is 5.91. The molecule has 3 aromatic rings. The first kappa shape index (κ1) is 22.8. The number of aromatic nitrogens is 2. The topological polar surface area (TPSA) is 82.2 Å². The SMILES string of the molecule is C[C@@H](CN)NC(=O)Cn1c(COc2ccccc2)nc2ccccc21.Cl.Cl. The Hall–Kier alpha value is -2.28. The standard InChI is InChI=1S/C19H22N4O2.2ClH/c1-14(11-20)21-19(24)12-23-17-10-6-5-9-16(17)22-18(23)13-25-15-7-3-2-4-8-15;;/h2-10,14H,11-13,20H2,1H3,(H,21,24);2*1H/t14-;;/m0../s1. The van der Waals surface area contributed by atoms with Crippen LogP contribution in [0.1, 0.15) is 12.7 Å². The van der Waals surface area contributed by atoms with Gasteiger partial charge >= 0.3 is 0 Å². The number of hydrogen-bond acceptors (Lipinski definition) is 4. The predicted molar refractivity (Wildman–Crippen MR) is 112 cm³/mol. The first-order chi connectivity index (χ1) is 12.2. The molecule has 0 aliphatic carbocycles. The van der Waals surface area contributed by atoms with E-state index in [9.17, 15) is 4.79 Å². The average molecular weight is 411 g/mol. The lowest BCUT2D eigenvalue weighted by atomic mass is 10.3. The van der Waals surface area contributed by atoms with E-state index >= 15 is 0 Å². The third-order valence-electron chi connectivity index (χ3n) is 3.91. The van der Waals surface area contributed by atoms with Crippen LogP contribution in [0.5, 0.6) is 5.75 Å². The highest BCUT2D eigenvalue weighted by Crippen LogP contribution is 2.18. The first-order valence-electron chi connectivity index (χ1n) is 8.29. The van der Waals surface area contributed by atoms with E-state index in [1.54, 1.807) is 0 Å². The molecule has 0 saturated carbocycles. The van der Waals surface area contributed by atoms with Gasteiger partial charge in [0.15, 0.2) is 0 Å². The van der Waals surface area contributed by atoms with Crippen LogP contribution in [0.3, 0.4) is 0 Å². The number of rotatable bonds is 7. The number of halogens is 2. The van der Waals surface area contributed by atoms with Crippen LogP contribution in [-0.2, 0) is 17.9 Å². The summed E-state index contributed by atoms with van der Waals surface area (Å²) in [6.07, 6.45) is 0. The molecule has 3 rings (SSSR count). The molecule has 1 aromatic heterocycles. The molecule has 6 nitrogen and oxygen atoms in total. The average Bonchev–Trinajstić information content (AvgIpc) is 2.98. The molecule has 3 N–H and O–H groups in total. The van der Waals surface area contributed by atoms with Crippen LogP contribution in [0.15, 0.2) is 54.6 Å². The number of carbonyl (C=O) groups excluding carboxylic acids is 1. The van der Waals surface area contributed by atoms with Crippen molar-refractivity contribution in [2.45, 2.75) is 26.1 Å². The van der Waals surface area contributed by atoms with Crippen molar-refractivity contribution in [2.75, 3.05) is 6.54 Å². The quantitative estimate of drug-likeness (QED) is 0.627. The summed E-state index contributed by atoms with van der Waals surface area (Å²) in [5.74, 6) is 1.38. The van der Waals surface area contributed by atoms with Crippen LogP contribution in [0.2, 0.25) is 0 Å². The second kappa shape index (κ2) is 10.8. The summed E-state index contributed by atoms with van der Waals surface area (Å²) in [4.78, 5) is 16.9. The molecule has 0 aliphatic rings. The predicted octanol–water partition coefficient (Wildman–Crippen LogP) is 2.92. The Kier molecular flexibility index (Phi) is 9.08. The van der Waals surface area contributed by atoms with Crippen molar-refractivity contribution in [1.29, 1.82) is 0 Å². The fourth-order valence-corrected chi connectivity index (χ4v) is 2.60. The van der Waals surface area contributed by atoms with Crippen molar-refractivity contribution in [3.8, 4) is 5.75 Å². The molecular weight excluding hydrogens is 387 g/mol. The molecule has 0 radical (unpaired) electrons. The minimum Gasteiger partial charge on any atom is -0.486 e. The number of imidazole rings is 1. The normalized spacial score (nSPS) is 11.2. The van der Waals surface area contributed by atoms with Crippen LogP contribution in [0, 0.1) is 0 Å². The molecule has 1 amide bonds. The van der Waals surface area contributed by atoms with E-state index in [0.29, 0.717) is 19.0 Å². The van der Waals surface area contributed by atoms with Gasteiger partial charge in [0, 0.05) is 12.6 Å². The van der Waals surface area contributed by atoms with E-state index in [1.807, 2.05) is 66.1 Å². The Bertz CT molecular complexity index is 855. The number of carbonyl (C=O) groups is 1. The zero-order valence-electron chi connectivity index (χ0n) is 15.0. The molecule has 0 fully saturated rings. The van der Waals surface area contributed by atoms with Crippen molar-refractivity contribution in [2.24, 2.45) is 5.73 Å². The Balaban J connectivity index is 0.00000182. The van der Waals surface area contributed by atoms with E-state index < -0.39 is 0 Å². The van der Waals surface area contributed by atoms with Gasteiger partial charge in [-0.05, 0) is 31.2 Å². The highest BCUT2D eigenvalue weighted by molar-refractivity contribution is 5.85. The lowest BCUT2D eigenvalue weighted by Crippen LogP contribution is -2.39. The molecule has 0 bridgehead atoms. The van der Waals surface area contributed by atoms with Gasteiger partial charge in [-0.25, -0.2) is 4.98 Å². The maximum absolute atomic E-state index is 12.3. The maximum Gasteiger partial charge on any atom is 0.240 e. The smallest absolute Gasteiger partial charge is 0.240 e. The molecular formula is C19H24Cl2N4O2. The van der Waals surface area contributed by atoms with Gasteiger partial charge < -0.3 is 20.4 Å². The van der Waals surface area contributed by atoms with Gasteiger partial charge in [0.05, 0.1) is 11.0 Å². The molecule has 8 heteroatoms. The van der Waals surface area contributed by atoms with Crippen LogP contribution in [0.4, 0.5) is 0 Å². The summed E-state index contributed by atoms with van der Waals surface area (Å²) in [5.41, 5.74) is 7.32. The van der Waals surface area contributed by atoms with Crippen molar-refractivity contribution in [3.05, 3.63) is 60.4 Å². The minimum atomic E-state index is -0.0953. The van der Waals surface area contributed by atoms with Crippen LogP contribution >= 0.6 is 24.8 Å². The third kappa shape index (κ3) is 5.85. The molecule has 146 valence electrons. The largest absolute Gasteiger partial charge is 0.486 e. The number of para-hydroxylation sites is 3. The lowest BCUT2D eigenvalue weighted by molar-refractivity contribution is -0.122. The van der Waals surface area contributed by atoms with E-state index in [4.69, 9.17) is 10.5 Å². The van der Waals surface area contributed by atoms with E-state index in [2.05, 4.69) is 10.3 Å². The summed E-state index contributed by atoms with van der Waals surface area (Å²) >= 11 is 0. The van der Waals surface area contributed by atoms with E-state index in [1.165, 1.54) is 0 Å². The maximum atomic E-state index is 12.3. The van der Waals surface area contributed by atoms with Crippen LogP contribution in [-0.4, -0.2) is 28.0 Å². The van der Waals surface area contributed by atoms with Crippen LogP contribution in [0.25, 0.3) is 11.0 Å². The highest BCUT2D eigenvalue weighted by Gasteiger charge is 2.15. The van der Waals surface area contributed by atoms with Gasteiger partial charge in [-0.15, -0.1) is 24.8 Å². The Morgan fingerprint density at radius 3 is 2.52 bits per heavy atom. The number of nitrogens with one attached hydrogen (secondary N) is 1. The van der Waals surface area contributed by atoms with Crippen molar-refractivity contribution < 1.29 is 9.53 Å². The zero-order valence-corrected chi connectivity index (χ0v) is 16.6. The molecule has 0 unspecified atom stereocenters. The molecule has 1 heterocycles. The van der Waals surface area contributed by atoms with Crippen molar-refractivity contribution in [3.63, 3.8) is 0 Å². The third-order valence-corrected chi connectivity index (χ3v) is 3.91. The molecule has 0 aliphatic heterocycles. The number of benzene rings is 2. The first-order valence-corrected chi connectivity index (χ1v) is 8.29. The van der Waals surface area contributed by atoms with Gasteiger partial charge in [0.2, 0.25) is 5.91 Å². The molecule has 1 atom stereocenters.